The Kier molecular flexibility index (Phi) is 5.65. The molecule has 1 N–H and O–H groups in total. The highest BCUT2D eigenvalue weighted by Crippen LogP contribution is 2.19. The Morgan fingerprint density at radius 2 is 2.00 bits per heavy atom. The molecule has 1 aliphatic heterocycles. The fraction of sp³-hybridized carbons (Fsp3) is 0.647. The summed E-state index contributed by atoms with van der Waals surface area (Å²) in [7, 11) is 0. The van der Waals surface area contributed by atoms with E-state index in [1.165, 1.54) is 0 Å². The maximum Gasteiger partial charge on any atom is 0.230 e. The molecular weight excluding hydrogens is 308 g/mol. The zero-order valence-corrected chi connectivity index (χ0v) is 14.4. The van der Waals surface area contributed by atoms with Crippen LogP contribution in [0.5, 0.6) is 0 Å². The van der Waals surface area contributed by atoms with Gasteiger partial charge in [-0.1, -0.05) is 6.92 Å². The molecule has 0 bridgehead atoms. The summed E-state index contributed by atoms with van der Waals surface area (Å²) in [6.45, 7) is 8.35. The van der Waals surface area contributed by atoms with Crippen LogP contribution in [0.2, 0.25) is 0 Å². The molecule has 24 heavy (non-hydrogen) atoms. The first kappa shape index (κ1) is 17.1. The molecule has 7 nitrogen and oxygen atoms in total. The average Bonchev–Trinajstić information content (AvgIpc) is 3.19. The Morgan fingerprint density at radius 1 is 1.17 bits per heavy atom. The van der Waals surface area contributed by atoms with Gasteiger partial charge in [-0.25, -0.2) is 0 Å². The number of furan rings is 1. The topological polar surface area (TPSA) is 78.8 Å². The zero-order valence-electron chi connectivity index (χ0n) is 14.4. The Hall–Kier alpha value is -1.70. The minimum absolute atomic E-state index is 0.187. The van der Waals surface area contributed by atoms with E-state index in [2.05, 4.69) is 20.0 Å². The molecule has 7 heteroatoms. The number of hydrogen-bond donors (Lipinski definition) is 1. The van der Waals surface area contributed by atoms with Crippen LogP contribution in [0.15, 0.2) is 21.0 Å². The van der Waals surface area contributed by atoms with Crippen molar-refractivity contribution in [2.75, 3.05) is 26.2 Å². The van der Waals surface area contributed by atoms with E-state index in [4.69, 9.17) is 8.83 Å². The van der Waals surface area contributed by atoms with Crippen LogP contribution in [-0.2, 0) is 19.5 Å². The summed E-state index contributed by atoms with van der Waals surface area (Å²) in [5, 5.41) is 17.5. The van der Waals surface area contributed by atoms with Gasteiger partial charge in [0.1, 0.15) is 11.5 Å². The SMILES string of the molecule is CCc1nnc(CN2CCN(Cc3ccc(C)o3)[C@H](CCO)C2)o1. The van der Waals surface area contributed by atoms with E-state index in [1.807, 2.05) is 26.0 Å². The van der Waals surface area contributed by atoms with Crippen LogP contribution in [0.3, 0.4) is 0 Å². The molecule has 0 amide bonds. The largest absolute Gasteiger partial charge is 0.465 e. The van der Waals surface area contributed by atoms with Crippen molar-refractivity contribution in [1.29, 1.82) is 0 Å². The normalized spacial score (nSPS) is 19.9. The summed E-state index contributed by atoms with van der Waals surface area (Å²) in [6, 6.07) is 4.32. The van der Waals surface area contributed by atoms with E-state index < -0.39 is 0 Å². The van der Waals surface area contributed by atoms with Crippen LogP contribution in [0.4, 0.5) is 0 Å². The molecule has 132 valence electrons. The molecule has 0 spiro atoms. The fourth-order valence-corrected chi connectivity index (χ4v) is 3.19. The highest BCUT2D eigenvalue weighted by Gasteiger charge is 2.28. The summed E-state index contributed by atoms with van der Waals surface area (Å²) in [6.07, 6.45) is 1.51. The molecule has 0 aromatic carbocycles. The van der Waals surface area contributed by atoms with Crippen LogP contribution in [0.25, 0.3) is 0 Å². The van der Waals surface area contributed by atoms with Crippen molar-refractivity contribution in [1.82, 2.24) is 20.0 Å². The number of aryl methyl sites for hydroxylation is 2. The molecule has 0 aliphatic carbocycles. The van der Waals surface area contributed by atoms with Crippen LogP contribution in [-0.4, -0.2) is 57.4 Å². The average molecular weight is 334 g/mol. The van der Waals surface area contributed by atoms with E-state index in [0.717, 1.165) is 50.5 Å². The van der Waals surface area contributed by atoms with E-state index in [0.29, 0.717) is 24.4 Å². The second-order valence-electron chi connectivity index (χ2n) is 6.33. The zero-order chi connectivity index (χ0) is 16.9. The van der Waals surface area contributed by atoms with Gasteiger partial charge in [-0.3, -0.25) is 9.80 Å². The third-order valence-corrected chi connectivity index (χ3v) is 4.48. The van der Waals surface area contributed by atoms with Crippen molar-refractivity contribution in [3.8, 4) is 0 Å². The second kappa shape index (κ2) is 7.92. The standard InChI is InChI=1S/C17H26N4O3/c1-3-16-18-19-17(24-16)12-20-7-8-21(14(10-20)6-9-22)11-15-5-4-13(2)23-15/h4-5,14,22H,3,6-12H2,1-2H3/t14-/m1/s1. The lowest BCUT2D eigenvalue weighted by molar-refractivity contribution is 0.0415. The molecule has 0 unspecified atom stereocenters. The van der Waals surface area contributed by atoms with Crippen LogP contribution >= 0.6 is 0 Å². The molecule has 0 radical (unpaired) electrons. The molecule has 1 atom stereocenters. The maximum atomic E-state index is 9.41. The first-order chi connectivity index (χ1) is 11.7. The Morgan fingerprint density at radius 3 is 2.67 bits per heavy atom. The Bertz CT molecular complexity index is 639. The molecule has 1 saturated heterocycles. The van der Waals surface area contributed by atoms with Crippen molar-refractivity contribution in [3.63, 3.8) is 0 Å². The molecule has 1 aliphatic rings. The van der Waals surface area contributed by atoms with Gasteiger partial charge < -0.3 is 13.9 Å². The number of aromatic nitrogens is 2. The van der Waals surface area contributed by atoms with Crippen molar-refractivity contribution in [2.24, 2.45) is 0 Å². The smallest absolute Gasteiger partial charge is 0.230 e. The molecule has 0 saturated carbocycles. The predicted molar refractivity (Wildman–Crippen MR) is 88.3 cm³/mol. The van der Waals surface area contributed by atoms with Crippen molar-refractivity contribution in [2.45, 2.75) is 45.8 Å². The predicted octanol–water partition coefficient (Wildman–Crippen LogP) is 1.60. The maximum absolute atomic E-state index is 9.41. The van der Waals surface area contributed by atoms with Gasteiger partial charge in [0.15, 0.2) is 0 Å². The van der Waals surface area contributed by atoms with Gasteiger partial charge in [0.2, 0.25) is 11.8 Å². The molecule has 2 aromatic rings. The lowest BCUT2D eigenvalue weighted by Crippen LogP contribution is -2.52. The van der Waals surface area contributed by atoms with E-state index in [-0.39, 0.29) is 6.61 Å². The molecular formula is C17H26N4O3. The van der Waals surface area contributed by atoms with Gasteiger partial charge in [-0.15, -0.1) is 10.2 Å². The molecule has 1 fully saturated rings. The third-order valence-electron chi connectivity index (χ3n) is 4.48. The van der Waals surface area contributed by atoms with Crippen LogP contribution in [0.1, 0.15) is 36.6 Å². The van der Waals surface area contributed by atoms with Crippen LogP contribution < -0.4 is 0 Å². The number of nitrogens with zero attached hydrogens (tertiary/aromatic N) is 4. The molecule has 2 aromatic heterocycles. The first-order valence-electron chi connectivity index (χ1n) is 8.61. The summed E-state index contributed by atoms with van der Waals surface area (Å²) >= 11 is 0. The minimum atomic E-state index is 0.187. The monoisotopic (exact) mass is 334 g/mol. The second-order valence-corrected chi connectivity index (χ2v) is 6.33. The molecule has 3 rings (SSSR count). The highest BCUT2D eigenvalue weighted by atomic mass is 16.4. The number of rotatable bonds is 7. The number of piperazine rings is 1. The summed E-state index contributed by atoms with van der Waals surface area (Å²) in [5.41, 5.74) is 0. The Labute approximate surface area is 142 Å². The van der Waals surface area contributed by atoms with Crippen molar-refractivity contribution in [3.05, 3.63) is 35.4 Å². The van der Waals surface area contributed by atoms with E-state index in [1.54, 1.807) is 0 Å². The first-order valence-corrected chi connectivity index (χ1v) is 8.61. The quantitative estimate of drug-likeness (QED) is 0.824. The van der Waals surface area contributed by atoms with Gasteiger partial charge in [0.05, 0.1) is 13.1 Å². The summed E-state index contributed by atoms with van der Waals surface area (Å²) in [5.74, 6) is 3.27. The number of aliphatic hydroxyl groups is 1. The van der Waals surface area contributed by atoms with Gasteiger partial charge in [0, 0.05) is 38.7 Å². The summed E-state index contributed by atoms with van der Waals surface area (Å²) in [4.78, 5) is 4.70. The molecule has 3 heterocycles. The van der Waals surface area contributed by atoms with Crippen LogP contribution in [0, 0.1) is 6.92 Å². The van der Waals surface area contributed by atoms with Gasteiger partial charge in [0.25, 0.3) is 0 Å². The van der Waals surface area contributed by atoms with Crippen molar-refractivity contribution >= 4 is 0 Å². The third kappa shape index (κ3) is 4.23. The minimum Gasteiger partial charge on any atom is -0.465 e. The number of hydrogen-bond acceptors (Lipinski definition) is 7. The van der Waals surface area contributed by atoms with Gasteiger partial charge in [-0.05, 0) is 25.5 Å². The fourth-order valence-electron chi connectivity index (χ4n) is 3.19. The van der Waals surface area contributed by atoms with Gasteiger partial charge >= 0.3 is 0 Å². The van der Waals surface area contributed by atoms with E-state index >= 15 is 0 Å². The lowest BCUT2D eigenvalue weighted by Gasteiger charge is -2.40. The van der Waals surface area contributed by atoms with Crippen molar-refractivity contribution < 1.29 is 13.9 Å². The number of aliphatic hydroxyl groups excluding tert-OH is 1. The Balaban J connectivity index is 1.59. The van der Waals surface area contributed by atoms with Gasteiger partial charge in [-0.2, -0.15) is 0 Å². The van der Waals surface area contributed by atoms with E-state index in [9.17, 15) is 5.11 Å². The lowest BCUT2D eigenvalue weighted by atomic mass is 10.1. The highest BCUT2D eigenvalue weighted by molar-refractivity contribution is 5.06. The summed E-state index contributed by atoms with van der Waals surface area (Å²) < 4.78 is 11.3.